The summed E-state index contributed by atoms with van der Waals surface area (Å²) in [5, 5.41) is 0. The van der Waals surface area contributed by atoms with Gasteiger partial charge in [0.05, 0.1) is 26.5 Å². The van der Waals surface area contributed by atoms with Crippen LogP contribution in [0.1, 0.15) is 16.7 Å². The predicted molar refractivity (Wildman–Crippen MR) is 93.2 cm³/mol. The Bertz CT molecular complexity index is 860. The molecule has 0 aliphatic carbocycles. The Hall–Kier alpha value is -2.47. The van der Waals surface area contributed by atoms with Gasteiger partial charge in [0.25, 0.3) is 0 Å². The minimum atomic E-state index is -3.47. The van der Waals surface area contributed by atoms with Gasteiger partial charge in [-0.05, 0) is 23.3 Å². The maximum absolute atomic E-state index is 12.7. The molecular weight excluding hydrogens is 326 g/mol. The molecular formula is C18H19NO4S. The van der Waals surface area contributed by atoms with Crippen LogP contribution in [0.3, 0.4) is 0 Å². The lowest BCUT2D eigenvalue weighted by molar-refractivity contribution is 0.348. The van der Waals surface area contributed by atoms with Crippen LogP contribution in [-0.4, -0.2) is 26.9 Å². The molecule has 5 nitrogen and oxygen atoms in total. The van der Waals surface area contributed by atoms with E-state index in [2.05, 4.69) is 0 Å². The van der Waals surface area contributed by atoms with E-state index in [1.165, 1.54) is 4.31 Å². The van der Waals surface area contributed by atoms with Crippen LogP contribution < -0.4 is 9.47 Å². The molecule has 6 heteroatoms. The van der Waals surface area contributed by atoms with Gasteiger partial charge in [0, 0.05) is 11.8 Å². The first-order valence-corrected chi connectivity index (χ1v) is 9.11. The van der Waals surface area contributed by atoms with E-state index in [1.54, 1.807) is 26.5 Å². The van der Waals surface area contributed by atoms with Gasteiger partial charge in [0.2, 0.25) is 10.0 Å². The zero-order valence-electron chi connectivity index (χ0n) is 13.6. The van der Waals surface area contributed by atoms with E-state index in [1.807, 2.05) is 42.5 Å². The second-order valence-corrected chi connectivity index (χ2v) is 7.39. The first kappa shape index (κ1) is 16.4. The lowest BCUT2D eigenvalue weighted by Gasteiger charge is -2.27. The van der Waals surface area contributed by atoms with Crippen LogP contribution in [0.5, 0.6) is 11.5 Å². The lowest BCUT2D eigenvalue weighted by atomic mass is 10.0. The minimum absolute atomic E-state index is 0.0419. The molecule has 126 valence electrons. The van der Waals surface area contributed by atoms with Crippen molar-refractivity contribution in [3.8, 4) is 11.5 Å². The largest absolute Gasteiger partial charge is 0.493 e. The van der Waals surface area contributed by atoms with Crippen LogP contribution >= 0.6 is 0 Å². The van der Waals surface area contributed by atoms with E-state index in [9.17, 15) is 8.42 Å². The van der Waals surface area contributed by atoms with Crippen LogP contribution in [0.2, 0.25) is 0 Å². The smallest absolute Gasteiger partial charge is 0.239 e. The average molecular weight is 345 g/mol. The summed E-state index contributed by atoms with van der Waals surface area (Å²) in [6, 6.07) is 12.9. The molecule has 0 atom stereocenters. The highest BCUT2D eigenvalue weighted by atomic mass is 32.2. The number of sulfonamides is 1. The molecule has 0 unspecified atom stereocenters. The van der Waals surface area contributed by atoms with Crippen molar-refractivity contribution < 1.29 is 17.9 Å². The molecule has 0 N–H and O–H groups in total. The monoisotopic (exact) mass is 345 g/mol. The summed E-state index contributed by atoms with van der Waals surface area (Å²) in [4.78, 5) is 0. The molecule has 2 aromatic carbocycles. The Morgan fingerprint density at radius 1 is 1.04 bits per heavy atom. The molecule has 1 aliphatic rings. The third kappa shape index (κ3) is 3.10. The Kier molecular flexibility index (Phi) is 4.49. The van der Waals surface area contributed by atoms with Gasteiger partial charge in [-0.15, -0.1) is 0 Å². The molecule has 0 radical (unpaired) electrons. The maximum Gasteiger partial charge on any atom is 0.239 e. The summed E-state index contributed by atoms with van der Waals surface area (Å²) in [6.07, 6.45) is 3.38. The second kappa shape index (κ2) is 6.57. The second-order valence-electron chi connectivity index (χ2n) is 5.47. The molecule has 0 spiro atoms. The number of nitrogens with zero attached hydrogens (tertiary/aromatic N) is 1. The molecule has 24 heavy (non-hydrogen) atoms. The highest BCUT2D eigenvalue weighted by molar-refractivity contribution is 7.88. The molecule has 2 aromatic rings. The summed E-state index contributed by atoms with van der Waals surface area (Å²) in [5.74, 6) is 1.12. The zero-order valence-corrected chi connectivity index (χ0v) is 14.4. The number of hydrogen-bond acceptors (Lipinski definition) is 4. The van der Waals surface area contributed by atoms with Crippen molar-refractivity contribution in [1.82, 2.24) is 4.31 Å². The Labute approximate surface area is 142 Å². The van der Waals surface area contributed by atoms with E-state index in [0.717, 1.165) is 16.7 Å². The molecule has 0 saturated carbocycles. The van der Waals surface area contributed by atoms with E-state index >= 15 is 0 Å². The molecule has 3 rings (SSSR count). The van der Waals surface area contributed by atoms with Crippen molar-refractivity contribution in [3.05, 3.63) is 65.4 Å². The molecule has 0 saturated heterocycles. The van der Waals surface area contributed by atoms with Gasteiger partial charge >= 0.3 is 0 Å². The van der Waals surface area contributed by atoms with Gasteiger partial charge in [-0.3, -0.25) is 4.31 Å². The fraction of sp³-hybridized carbons (Fsp3) is 0.222. The predicted octanol–water partition coefficient (Wildman–Crippen LogP) is 3.02. The molecule has 0 fully saturated rings. The van der Waals surface area contributed by atoms with Crippen LogP contribution in [0.15, 0.2) is 48.7 Å². The Morgan fingerprint density at radius 2 is 1.79 bits per heavy atom. The number of fused-ring (bicyclic) bond motifs is 1. The minimum Gasteiger partial charge on any atom is -0.493 e. The van der Waals surface area contributed by atoms with E-state index in [-0.39, 0.29) is 12.3 Å². The number of rotatable bonds is 5. The third-order valence-electron chi connectivity index (χ3n) is 3.97. The number of ether oxygens (including phenoxy) is 2. The standard InChI is InChI=1S/C18H19NO4S/c1-22-17-9-8-15-10-11-19(12-16(15)18(17)23-2)24(20,21)13-14-6-4-3-5-7-14/h3-11H,12-13H2,1-2H3. The zero-order chi connectivity index (χ0) is 17.2. The lowest BCUT2D eigenvalue weighted by Crippen LogP contribution is -2.29. The van der Waals surface area contributed by atoms with Crippen molar-refractivity contribution in [2.24, 2.45) is 0 Å². The third-order valence-corrected chi connectivity index (χ3v) is 5.63. The molecule has 0 bridgehead atoms. The van der Waals surface area contributed by atoms with Crippen molar-refractivity contribution in [2.75, 3.05) is 14.2 Å². The van der Waals surface area contributed by atoms with Crippen LogP contribution in [0.25, 0.3) is 6.08 Å². The summed E-state index contributed by atoms with van der Waals surface area (Å²) in [6.45, 7) is 0.224. The first-order valence-electron chi connectivity index (χ1n) is 7.50. The number of methoxy groups -OCH3 is 2. The maximum atomic E-state index is 12.7. The summed E-state index contributed by atoms with van der Waals surface area (Å²) < 4.78 is 37.5. The summed E-state index contributed by atoms with van der Waals surface area (Å²) in [7, 11) is -0.356. The Morgan fingerprint density at radius 3 is 2.46 bits per heavy atom. The first-order chi connectivity index (χ1) is 11.5. The molecule has 1 aliphatic heterocycles. The Balaban J connectivity index is 1.92. The SMILES string of the molecule is COc1ccc2c(c1OC)CN(S(=O)(=O)Cc1ccccc1)C=C2. The van der Waals surface area contributed by atoms with Gasteiger partial charge < -0.3 is 9.47 Å². The normalized spacial score (nSPS) is 13.5. The number of hydrogen-bond donors (Lipinski definition) is 0. The van der Waals surface area contributed by atoms with Crippen molar-refractivity contribution in [2.45, 2.75) is 12.3 Å². The van der Waals surface area contributed by atoms with Gasteiger partial charge in [0.15, 0.2) is 11.5 Å². The van der Waals surface area contributed by atoms with Crippen LogP contribution in [-0.2, 0) is 22.3 Å². The summed E-state index contributed by atoms with van der Waals surface area (Å²) >= 11 is 0. The van der Waals surface area contributed by atoms with E-state index in [4.69, 9.17) is 9.47 Å². The van der Waals surface area contributed by atoms with Crippen molar-refractivity contribution in [3.63, 3.8) is 0 Å². The van der Waals surface area contributed by atoms with E-state index < -0.39 is 10.0 Å². The quantitative estimate of drug-likeness (QED) is 0.836. The van der Waals surface area contributed by atoms with Crippen molar-refractivity contribution in [1.29, 1.82) is 0 Å². The highest BCUT2D eigenvalue weighted by Gasteiger charge is 2.26. The van der Waals surface area contributed by atoms with Crippen LogP contribution in [0.4, 0.5) is 0 Å². The molecule has 0 amide bonds. The molecule has 0 aromatic heterocycles. The number of benzene rings is 2. The fourth-order valence-electron chi connectivity index (χ4n) is 2.76. The highest BCUT2D eigenvalue weighted by Crippen LogP contribution is 2.37. The summed E-state index contributed by atoms with van der Waals surface area (Å²) in [5.41, 5.74) is 2.49. The topological polar surface area (TPSA) is 55.8 Å². The van der Waals surface area contributed by atoms with Gasteiger partial charge in [-0.2, -0.15) is 0 Å². The van der Waals surface area contributed by atoms with E-state index in [0.29, 0.717) is 11.5 Å². The van der Waals surface area contributed by atoms with Crippen molar-refractivity contribution >= 4 is 16.1 Å². The van der Waals surface area contributed by atoms with Gasteiger partial charge in [-0.1, -0.05) is 36.4 Å². The van der Waals surface area contributed by atoms with Gasteiger partial charge in [0.1, 0.15) is 0 Å². The fourth-order valence-corrected chi connectivity index (χ4v) is 4.11. The molecule has 1 heterocycles. The van der Waals surface area contributed by atoms with Crippen LogP contribution in [0, 0.1) is 0 Å². The van der Waals surface area contributed by atoms with Gasteiger partial charge in [-0.25, -0.2) is 8.42 Å². The average Bonchev–Trinajstić information content (AvgIpc) is 2.60.